The molecule has 1 aliphatic heterocycles. The first kappa shape index (κ1) is 9.71. The maximum Gasteiger partial charge on any atom is 0.0681 e. The van der Waals surface area contributed by atoms with Crippen molar-refractivity contribution in [3.8, 4) is 0 Å². The maximum absolute atomic E-state index is 4.65. The van der Waals surface area contributed by atoms with Crippen molar-refractivity contribution in [1.29, 1.82) is 0 Å². The van der Waals surface area contributed by atoms with Crippen molar-refractivity contribution in [1.82, 2.24) is 14.7 Å². The molecule has 0 saturated carbocycles. The summed E-state index contributed by atoms with van der Waals surface area (Å²) >= 11 is 0. The number of hydrogen-bond acceptors (Lipinski definition) is 2. The fourth-order valence-electron chi connectivity index (χ4n) is 1.76. The van der Waals surface area contributed by atoms with E-state index in [1.54, 1.807) is 0 Å². The Balaban J connectivity index is 2.32. The van der Waals surface area contributed by atoms with E-state index in [1.165, 1.54) is 11.4 Å². The molecular formula is C11H19N3. The van der Waals surface area contributed by atoms with Gasteiger partial charge in [-0.1, -0.05) is 20.8 Å². The average molecular weight is 193 g/mol. The highest BCUT2D eigenvalue weighted by molar-refractivity contribution is 5.18. The smallest absolute Gasteiger partial charge is 0.0681 e. The van der Waals surface area contributed by atoms with Crippen LogP contribution in [0.5, 0.6) is 0 Å². The van der Waals surface area contributed by atoms with Crippen molar-refractivity contribution in [2.24, 2.45) is 0 Å². The molecule has 0 aromatic carbocycles. The minimum Gasteiger partial charge on any atom is -0.299 e. The van der Waals surface area contributed by atoms with E-state index < -0.39 is 0 Å². The molecule has 14 heavy (non-hydrogen) atoms. The normalized spacial score (nSPS) is 18.3. The van der Waals surface area contributed by atoms with E-state index >= 15 is 0 Å². The summed E-state index contributed by atoms with van der Waals surface area (Å²) in [6.07, 6.45) is 0. The van der Waals surface area contributed by atoms with Gasteiger partial charge < -0.3 is 0 Å². The molecule has 0 amide bonds. The molecule has 78 valence electrons. The van der Waals surface area contributed by atoms with Crippen molar-refractivity contribution in [2.75, 3.05) is 13.6 Å². The van der Waals surface area contributed by atoms with Gasteiger partial charge in [-0.3, -0.25) is 9.58 Å². The third-order valence-electron chi connectivity index (χ3n) is 2.76. The largest absolute Gasteiger partial charge is 0.299 e. The highest BCUT2D eigenvalue weighted by Gasteiger charge is 2.22. The lowest BCUT2D eigenvalue weighted by molar-refractivity contribution is 0.258. The third-order valence-corrected chi connectivity index (χ3v) is 2.76. The van der Waals surface area contributed by atoms with Crippen LogP contribution in [-0.4, -0.2) is 28.3 Å². The second-order valence-electron chi connectivity index (χ2n) is 5.23. The number of fused-ring (bicyclic) bond motifs is 1. The van der Waals surface area contributed by atoms with Crippen molar-refractivity contribution in [2.45, 2.75) is 39.3 Å². The molecule has 2 rings (SSSR count). The van der Waals surface area contributed by atoms with E-state index in [0.717, 1.165) is 19.6 Å². The molecule has 0 atom stereocenters. The Labute approximate surface area is 85.7 Å². The Morgan fingerprint density at radius 3 is 2.64 bits per heavy atom. The topological polar surface area (TPSA) is 21.1 Å². The van der Waals surface area contributed by atoms with Gasteiger partial charge in [-0.25, -0.2) is 0 Å². The summed E-state index contributed by atoms with van der Waals surface area (Å²) in [6, 6.07) is 2.25. The maximum atomic E-state index is 4.65. The van der Waals surface area contributed by atoms with Crippen LogP contribution in [0.3, 0.4) is 0 Å². The molecule has 0 fully saturated rings. The molecular weight excluding hydrogens is 174 g/mol. The zero-order valence-electron chi connectivity index (χ0n) is 9.54. The van der Waals surface area contributed by atoms with Crippen LogP contribution in [0, 0.1) is 0 Å². The number of rotatable bonds is 0. The highest BCUT2D eigenvalue weighted by Crippen LogP contribution is 2.23. The van der Waals surface area contributed by atoms with Crippen LogP contribution in [0.25, 0.3) is 0 Å². The lowest BCUT2D eigenvalue weighted by atomic mass is 9.92. The van der Waals surface area contributed by atoms with Gasteiger partial charge in [0.2, 0.25) is 0 Å². The number of likely N-dealkylation sites (N-methyl/N-ethyl adjacent to an activating group) is 1. The van der Waals surface area contributed by atoms with Gasteiger partial charge in [0.1, 0.15) is 0 Å². The predicted octanol–water partition coefficient (Wildman–Crippen LogP) is 1.63. The fraction of sp³-hybridized carbons (Fsp3) is 0.727. The van der Waals surface area contributed by atoms with E-state index in [1.807, 2.05) is 0 Å². The molecule has 0 spiro atoms. The summed E-state index contributed by atoms with van der Waals surface area (Å²) in [7, 11) is 2.16. The van der Waals surface area contributed by atoms with Gasteiger partial charge in [-0.2, -0.15) is 5.10 Å². The minimum absolute atomic E-state index is 0.170. The monoisotopic (exact) mass is 193 g/mol. The zero-order valence-corrected chi connectivity index (χ0v) is 9.54. The van der Waals surface area contributed by atoms with Crippen LogP contribution in [-0.2, 0) is 18.5 Å². The molecule has 0 radical (unpaired) electrons. The molecule has 1 aliphatic rings. The van der Waals surface area contributed by atoms with Gasteiger partial charge in [0.25, 0.3) is 0 Å². The molecule has 1 aromatic rings. The Bertz CT molecular complexity index is 333. The number of hydrogen-bond donors (Lipinski definition) is 0. The van der Waals surface area contributed by atoms with Gasteiger partial charge in [-0.05, 0) is 13.1 Å². The molecule has 1 aromatic heterocycles. The summed E-state index contributed by atoms with van der Waals surface area (Å²) < 4.78 is 2.15. The molecule has 3 heteroatoms. The van der Waals surface area contributed by atoms with Gasteiger partial charge in [0.15, 0.2) is 0 Å². The van der Waals surface area contributed by atoms with Gasteiger partial charge in [-0.15, -0.1) is 0 Å². The Hall–Kier alpha value is -0.830. The molecule has 0 N–H and O–H groups in total. The molecule has 0 aliphatic carbocycles. The first-order valence-corrected chi connectivity index (χ1v) is 5.22. The quantitative estimate of drug-likeness (QED) is 0.624. The van der Waals surface area contributed by atoms with E-state index in [0.29, 0.717) is 0 Å². The van der Waals surface area contributed by atoms with Crippen molar-refractivity contribution >= 4 is 0 Å². The van der Waals surface area contributed by atoms with Crippen LogP contribution in [0.1, 0.15) is 32.2 Å². The average Bonchev–Trinajstić information content (AvgIpc) is 2.45. The molecule has 0 bridgehead atoms. The second kappa shape index (κ2) is 3.09. The first-order valence-electron chi connectivity index (χ1n) is 5.22. The van der Waals surface area contributed by atoms with E-state index in [2.05, 4.69) is 48.6 Å². The van der Waals surface area contributed by atoms with E-state index in [9.17, 15) is 0 Å². The summed E-state index contributed by atoms with van der Waals surface area (Å²) in [5.74, 6) is 0. The summed E-state index contributed by atoms with van der Waals surface area (Å²) in [5.41, 5.74) is 2.73. The predicted molar refractivity (Wildman–Crippen MR) is 57.3 cm³/mol. The number of nitrogens with zero attached hydrogens (tertiary/aromatic N) is 3. The van der Waals surface area contributed by atoms with Crippen LogP contribution in [0.4, 0.5) is 0 Å². The SMILES string of the molecule is CN1CCn2nc(C(C)(C)C)cc2C1. The van der Waals surface area contributed by atoms with Gasteiger partial charge in [0.05, 0.1) is 17.9 Å². The van der Waals surface area contributed by atoms with Gasteiger partial charge in [0, 0.05) is 18.5 Å². The van der Waals surface area contributed by atoms with Crippen LogP contribution >= 0.6 is 0 Å². The van der Waals surface area contributed by atoms with Crippen LogP contribution < -0.4 is 0 Å². The standard InChI is InChI=1S/C11H19N3/c1-11(2,3)10-7-9-8-13(4)5-6-14(9)12-10/h7H,5-6,8H2,1-4H3. The summed E-state index contributed by atoms with van der Waals surface area (Å²) in [5, 5.41) is 4.65. The third kappa shape index (κ3) is 1.69. The van der Waals surface area contributed by atoms with E-state index in [4.69, 9.17) is 0 Å². The lowest BCUT2D eigenvalue weighted by Gasteiger charge is -2.22. The summed E-state index contributed by atoms with van der Waals surface area (Å²) in [4.78, 5) is 2.34. The first-order chi connectivity index (χ1) is 6.47. The molecule has 0 unspecified atom stereocenters. The fourth-order valence-corrected chi connectivity index (χ4v) is 1.76. The van der Waals surface area contributed by atoms with Crippen LogP contribution in [0.15, 0.2) is 6.07 Å². The lowest BCUT2D eigenvalue weighted by Crippen LogP contribution is -2.30. The Morgan fingerprint density at radius 1 is 1.29 bits per heavy atom. The van der Waals surface area contributed by atoms with Crippen molar-refractivity contribution in [3.63, 3.8) is 0 Å². The Morgan fingerprint density at radius 2 is 2.00 bits per heavy atom. The van der Waals surface area contributed by atoms with E-state index in [-0.39, 0.29) is 5.41 Å². The Kier molecular flexibility index (Phi) is 2.14. The highest BCUT2D eigenvalue weighted by atomic mass is 15.3. The molecule has 3 nitrogen and oxygen atoms in total. The van der Waals surface area contributed by atoms with Crippen molar-refractivity contribution in [3.05, 3.63) is 17.5 Å². The zero-order chi connectivity index (χ0) is 10.3. The molecule has 0 saturated heterocycles. The number of aromatic nitrogens is 2. The van der Waals surface area contributed by atoms with Crippen LogP contribution in [0.2, 0.25) is 0 Å². The van der Waals surface area contributed by atoms with Gasteiger partial charge >= 0.3 is 0 Å². The molecule has 2 heterocycles. The minimum atomic E-state index is 0.170. The summed E-state index contributed by atoms with van der Waals surface area (Å²) in [6.45, 7) is 9.81. The van der Waals surface area contributed by atoms with Crippen molar-refractivity contribution < 1.29 is 0 Å². The second-order valence-corrected chi connectivity index (χ2v) is 5.23.